The molecule has 0 radical (unpaired) electrons. The van der Waals surface area contributed by atoms with Gasteiger partial charge >= 0.3 is 0 Å². The summed E-state index contributed by atoms with van der Waals surface area (Å²) in [5.74, 6) is 0.465. The van der Waals surface area contributed by atoms with Crippen LogP contribution in [0.15, 0.2) is 12.1 Å². The van der Waals surface area contributed by atoms with Gasteiger partial charge in [0.2, 0.25) is 5.95 Å². The molecule has 1 aromatic carbocycles. The van der Waals surface area contributed by atoms with E-state index in [0.29, 0.717) is 22.6 Å². The summed E-state index contributed by atoms with van der Waals surface area (Å²) < 4.78 is 7.04. The molecule has 0 bridgehead atoms. The fourth-order valence-electron chi connectivity index (χ4n) is 1.99. The average molecular weight is 288 g/mol. The van der Waals surface area contributed by atoms with Crippen molar-refractivity contribution in [2.75, 3.05) is 19.5 Å². The number of fused-ring (bicyclic) bond motifs is 1. The Kier molecular flexibility index (Phi) is 4.00. The van der Waals surface area contributed by atoms with E-state index in [1.165, 1.54) is 0 Å². The first-order chi connectivity index (χ1) is 8.54. The van der Waals surface area contributed by atoms with Gasteiger partial charge in [-0.2, -0.15) is 0 Å². The third-order valence-electron chi connectivity index (χ3n) is 2.94. The summed E-state index contributed by atoms with van der Waals surface area (Å²) in [6.07, 6.45) is 0.854. The van der Waals surface area contributed by atoms with E-state index in [4.69, 9.17) is 33.7 Å². The zero-order valence-electron chi connectivity index (χ0n) is 10.3. The minimum absolute atomic E-state index is 0.187. The van der Waals surface area contributed by atoms with Crippen LogP contribution in [0.4, 0.5) is 5.95 Å². The van der Waals surface area contributed by atoms with Crippen molar-refractivity contribution >= 4 is 40.2 Å². The van der Waals surface area contributed by atoms with Crippen molar-refractivity contribution in [3.05, 3.63) is 22.2 Å². The van der Waals surface area contributed by atoms with E-state index in [1.807, 2.05) is 4.57 Å². The summed E-state index contributed by atoms with van der Waals surface area (Å²) in [6.45, 7) is 2.74. The summed E-state index contributed by atoms with van der Waals surface area (Å²) in [5, 5.41) is 0.989. The number of aromatic nitrogens is 2. The van der Waals surface area contributed by atoms with Gasteiger partial charge in [-0.25, -0.2) is 4.98 Å². The van der Waals surface area contributed by atoms with Gasteiger partial charge in [-0.15, -0.1) is 0 Å². The quantitative estimate of drug-likeness (QED) is 0.936. The number of rotatable bonds is 4. The third kappa shape index (κ3) is 2.41. The molecule has 0 aliphatic carbocycles. The Bertz CT molecular complexity index is 568. The number of anilines is 1. The maximum absolute atomic E-state index is 6.04. The van der Waals surface area contributed by atoms with Crippen molar-refractivity contribution in [3.8, 4) is 0 Å². The van der Waals surface area contributed by atoms with Crippen LogP contribution in [0.5, 0.6) is 0 Å². The number of imidazole rings is 1. The molecule has 2 N–H and O–H groups in total. The molecule has 4 nitrogen and oxygen atoms in total. The lowest BCUT2D eigenvalue weighted by atomic mass is 10.2. The van der Waals surface area contributed by atoms with Crippen molar-refractivity contribution in [1.82, 2.24) is 9.55 Å². The van der Waals surface area contributed by atoms with E-state index in [9.17, 15) is 0 Å². The summed E-state index contributed by atoms with van der Waals surface area (Å²) in [5.41, 5.74) is 7.60. The molecule has 0 spiro atoms. The number of halogens is 2. The van der Waals surface area contributed by atoms with Gasteiger partial charge in [0, 0.05) is 19.8 Å². The molecule has 98 valence electrons. The van der Waals surface area contributed by atoms with Gasteiger partial charge in [0.25, 0.3) is 0 Å². The second-order valence-electron chi connectivity index (χ2n) is 4.23. The predicted molar refractivity (Wildman–Crippen MR) is 75.4 cm³/mol. The zero-order valence-corrected chi connectivity index (χ0v) is 11.8. The largest absolute Gasteiger partial charge is 0.385 e. The van der Waals surface area contributed by atoms with Gasteiger partial charge in [0.05, 0.1) is 21.1 Å². The van der Waals surface area contributed by atoms with Crippen molar-refractivity contribution in [3.63, 3.8) is 0 Å². The standard InChI is InChI=1S/C12H15Cl2N3O/c1-7(3-4-18-2)17-11-6-9(14)8(13)5-10(11)16-12(17)15/h5-7H,3-4H2,1-2H3,(H2,15,16). The maximum atomic E-state index is 6.04. The van der Waals surface area contributed by atoms with E-state index in [0.717, 1.165) is 17.5 Å². The normalized spacial score (nSPS) is 13.1. The van der Waals surface area contributed by atoms with Gasteiger partial charge in [0.15, 0.2) is 0 Å². The molecular weight excluding hydrogens is 273 g/mol. The average Bonchev–Trinajstić information content (AvgIpc) is 2.62. The number of methoxy groups -OCH3 is 1. The van der Waals surface area contributed by atoms with Gasteiger partial charge < -0.3 is 15.0 Å². The van der Waals surface area contributed by atoms with E-state index < -0.39 is 0 Å². The highest BCUT2D eigenvalue weighted by Gasteiger charge is 2.15. The Hall–Kier alpha value is -0.970. The minimum atomic E-state index is 0.187. The van der Waals surface area contributed by atoms with Gasteiger partial charge in [-0.3, -0.25) is 0 Å². The smallest absolute Gasteiger partial charge is 0.201 e. The lowest BCUT2D eigenvalue weighted by molar-refractivity contribution is 0.182. The molecule has 0 saturated carbocycles. The van der Waals surface area contributed by atoms with Crippen LogP contribution in [0.2, 0.25) is 10.0 Å². The number of nitrogens with two attached hydrogens (primary N) is 1. The molecule has 0 amide bonds. The van der Waals surface area contributed by atoms with Crippen LogP contribution >= 0.6 is 23.2 Å². The van der Waals surface area contributed by atoms with Gasteiger partial charge in [-0.05, 0) is 25.5 Å². The second-order valence-corrected chi connectivity index (χ2v) is 5.04. The molecule has 0 aliphatic rings. The van der Waals surface area contributed by atoms with Crippen LogP contribution in [0.1, 0.15) is 19.4 Å². The van der Waals surface area contributed by atoms with Crippen molar-refractivity contribution in [2.45, 2.75) is 19.4 Å². The number of hydrogen-bond donors (Lipinski definition) is 1. The molecule has 18 heavy (non-hydrogen) atoms. The summed E-state index contributed by atoms with van der Waals surface area (Å²) in [6, 6.07) is 3.72. The number of hydrogen-bond acceptors (Lipinski definition) is 3. The molecule has 2 aromatic rings. The molecular formula is C12H15Cl2N3O. The molecule has 2 rings (SSSR count). The molecule has 1 aromatic heterocycles. The highest BCUT2D eigenvalue weighted by atomic mass is 35.5. The van der Waals surface area contributed by atoms with E-state index in [1.54, 1.807) is 19.2 Å². The number of nitrogens with zero attached hydrogens (tertiary/aromatic N) is 2. The number of ether oxygens (including phenoxy) is 1. The highest BCUT2D eigenvalue weighted by Crippen LogP contribution is 2.31. The van der Waals surface area contributed by atoms with E-state index in [-0.39, 0.29) is 6.04 Å². The van der Waals surface area contributed by atoms with Crippen LogP contribution in [-0.4, -0.2) is 23.3 Å². The molecule has 1 unspecified atom stereocenters. The van der Waals surface area contributed by atoms with E-state index in [2.05, 4.69) is 11.9 Å². The zero-order chi connectivity index (χ0) is 13.3. The Morgan fingerprint density at radius 1 is 1.39 bits per heavy atom. The molecule has 0 saturated heterocycles. The predicted octanol–water partition coefficient (Wildman–Crippen LogP) is 3.52. The Labute approximate surface area is 116 Å². The highest BCUT2D eigenvalue weighted by molar-refractivity contribution is 6.42. The van der Waals surface area contributed by atoms with E-state index >= 15 is 0 Å². The summed E-state index contributed by atoms with van der Waals surface area (Å²) >= 11 is 12.0. The van der Waals surface area contributed by atoms with Crippen molar-refractivity contribution < 1.29 is 4.74 Å². The third-order valence-corrected chi connectivity index (χ3v) is 3.66. The fraction of sp³-hybridized carbons (Fsp3) is 0.417. The molecule has 6 heteroatoms. The molecule has 0 fully saturated rings. The SMILES string of the molecule is COCCC(C)n1c(N)nc2cc(Cl)c(Cl)cc21. The fourth-order valence-corrected chi connectivity index (χ4v) is 2.31. The Morgan fingerprint density at radius 2 is 2.06 bits per heavy atom. The van der Waals surface area contributed by atoms with Crippen LogP contribution in [0, 0.1) is 0 Å². The first-order valence-corrected chi connectivity index (χ1v) is 6.41. The number of benzene rings is 1. The van der Waals surface area contributed by atoms with Crippen molar-refractivity contribution in [1.29, 1.82) is 0 Å². The monoisotopic (exact) mass is 287 g/mol. The Morgan fingerprint density at radius 3 is 2.72 bits per heavy atom. The molecule has 0 aliphatic heterocycles. The first kappa shape index (κ1) is 13.5. The maximum Gasteiger partial charge on any atom is 0.201 e. The molecule has 1 atom stereocenters. The van der Waals surface area contributed by atoms with Crippen LogP contribution in [0.25, 0.3) is 11.0 Å². The summed E-state index contributed by atoms with van der Waals surface area (Å²) in [4.78, 5) is 4.30. The van der Waals surface area contributed by atoms with Gasteiger partial charge in [-0.1, -0.05) is 23.2 Å². The van der Waals surface area contributed by atoms with Crippen LogP contribution in [0.3, 0.4) is 0 Å². The molecule has 1 heterocycles. The van der Waals surface area contributed by atoms with Crippen molar-refractivity contribution in [2.24, 2.45) is 0 Å². The Balaban J connectivity index is 2.49. The van der Waals surface area contributed by atoms with Crippen LogP contribution < -0.4 is 5.73 Å². The first-order valence-electron chi connectivity index (χ1n) is 5.66. The topological polar surface area (TPSA) is 53.1 Å². The second kappa shape index (κ2) is 5.34. The van der Waals surface area contributed by atoms with Crippen LogP contribution in [-0.2, 0) is 4.74 Å². The lowest BCUT2D eigenvalue weighted by Crippen LogP contribution is -2.10. The summed E-state index contributed by atoms with van der Waals surface area (Å²) in [7, 11) is 1.68. The lowest BCUT2D eigenvalue weighted by Gasteiger charge is -2.15. The number of nitrogen functional groups attached to an aromatic ring is 1. The van der Waals surface area contributed by atoms with Gasteiger partial charge in [0.1, 0.15) is 0 Å². The minimum Gasteiger partial charge on any atom is -0.385 e.